The summed E-state index contributed by atoms with van der Waals surface area (Å²) in [7, 11) is -1.55. The van der Waals surface area contributed by atoms with E-state index in [9.17, 15) is 10.0 Å². The maximum atomic E-state index is 10.0. The largest absolute Gasteiger partial charge is 0.488 e. The molecule has 0 amide bonds. The Bertz CT molecular complexity index is 2950. The van der Waals surface area contributed by atoms with E-state index < -0.39 is 7.12 Å². The molecule has 0 unspecified atom stereocenters. The van der Waals surface area contributed by atoms with Crippen LogP contribution >= 0.6 is 0 Å². The van der Waals surface area contributed by atoms with Crippen LogP contribution < -0.4 is 5.46 Å². The van der Waals surface area contributed by atoms with Crippen LogP contribution in [0.1, 0.15) is 13.8 Å². The molecule has 254 valence electrons. The first-order valence-corrected chi connectivity index (χ1v) is 18.0. The number of para-hydroxylation sites is 3. The van der Waals surface area contributed by atoms with Crippen LogP contribution in [0.25, 0.3) is 88.5 Å². The summed E-state index contributed by atoms with van der Waals surface area (Å²) >= 11 is 0. The smallest absolute Gasteiger partial charge is 0.423 e. The van der Waals surface area contributed by atoms with E-state index in [-0.39, 0.29) is 0 Å². The zero-order valence-electron chi connectivity index (χ0n) is 29.3. The van der Waals surface area contributed by atoms with Crippen molar-refractivity contribution in [1.29, 1.82) is 0 Å². The molecule has 0 fully saturated rings. The second-order valence-electron chi connectivity index (χ2n) is 12.9. The highest BCUT2D eigenvalue weighted by Gasteiger charge is 2.20. The van der Waals surface area contributed by atoms with E-state index in [2.05, 4.69) is 100 Å². The number of fused-ring (bicyclic) bond motifs is 7. The average Bonchev–Trinajstić information content (AvgIpc) is 3.73. The Morgan fingerprint density at radius 2 is 0.962 bits per heavy atom. The van der Waals surface area contributed by atoms with Gasteiger partial charge in [-0.25, -0.2) is 9.97 Å². The summed E-state index contributed by atoms with van der Waals surface area (Å²) in [6.45, 7) is 4.00. The Morgan fingerprint density at radius 3 is 1.66 bits per heavy atom. The van der Waals surface area contributed by atoms with Gasteiger partial charge in [-0.05, 0) is 71.2 Å². The molecule has 2 N–H and O–H groups in total. The van der Waals surface area contributed by atoms with Crippen molar-refractivity contribution in [2.45, 2.75) is 13.8 Å². The lowest BCUT2D eigenvalue weighted by Crippen LogP contribution is -2.29. The molecule has 0 aliphatic carbocycles. The van der Waals surface area contributed by atoms with Crippen LogP contribution in [-0.4, -0.2) is 36.3 Å². The van der Waals surface area contributed by atoms with Gasteiger partial charge in [0, 0.05) is 38.2 Å². The van der Waals surface area contributed by atoms with Crippen molar-refractivity contribution in [3.8, 4) is 34.0 Å². The van der Waals surface area contributed by atoms with Crippen molar-refractivity contribution >= 4 is 67.1 Å². The minimum absolute atomic E-state index is 0.459. The monoisotopic (exact) mass is 686 g/mol. The molecule has 0 aliphatic rings. The van der Waals surface area contributed by atoms with Crippen LogP contribution in [0.15, 0.2) is 164 Å². The predicted molar refractivity (Wildman–Crippen MR) is 220 cm³/mol. The highest BCUT2D eigenvalue weighted by atomic mass is 16.4. The lowest BCUT2D eigenvalue weighted by Gasteiger charge is -2.12. The Kier molecular flexibility index (Phi) is 8.07. The fourth-order valence-electron chi connectivity index (χ4n) is 7.58. The Morgan fingerprint density at radius 1 is 0.434 bits per heavy atom. The standard InChI is InChI=1S/C44H29BN4O2.C2H6/c50-45(51)31-21-24-41-37(27-31)36-26-30(19-22-40(36)48(41)32-13-5-2-6-14-32)29-20-23-42-35(25-29)33-15-8-10-18-39(33)49(42)44-46-38-17-9-7-16-34(38)43(47-44)28-11-3-1-4-12-28;1-2/h1-27,50-51H;1-2H3. The van der Waals surface area contributed by atoms with Gasteiger partial charge in [-0.1, -0.05) is 123 Å². The van der Waals surface area contributed by atoms with Crippen molar-refractivity contribution in [2.24, 2.45) is 0 Å². The number of nitrogens with zero attached hydrogens (tertiary/aromatic N) is 4. The highest BCUT2D eigenvalue weighted by molar-refractivity contribution is 6.59. The minimum atomic E-state index is -1.55. The topological polar surface area (TPSA) is 76.1 Å². The fourth-order valence-corrected chi connectivity index (χ4v) is 7.58. The van der Waals surface area contributed by atoms with Crippen molar-refractivity contribution < 1.29 is 10.0 Å². The van der Waals surface area contributed by atoms with Gasteiger partial charge in [0.1, 0.15) is 0 Å². The quantitative estimate of drug-likeness (QED) is 0.177. The van der Waals surface area contributed by atoms with Gasteiger partial charge >= 0.3 is 7.12 Å². The predicted octanol–water partition coefficient (Wildman–Crippen LogP) is 9.86. The van der Waals surface area contributed by atoms with Gasteiger partial charge < -0.3 is 14.6 Å². The third-order valence-corrected chi connectivity index (χ3v) is 9.95. The summed E-state index contributed by atoms with van der Waals surface area (Å²) in [6, 6.07) is 55.9. The number of hydrogen-bond donors (Lipinski definition) is 2. The van der Waals surface area contributed by atoms with E-state index in [0.29, 0.717) is 11.4 Å². The first kappa shape index (κ1) is 32.4. The van der Waals surface area contributed by atoms with E-state index in [0.717, 1.165) is 82.6 Å². The molecule has 0 radical (unpaired) electrons. The van der Waals surface area contributed by atoms with Crippen LogP contribution in [0.2, 0.25) is 0 Å². The first-order chi connectivity index (χ1) is 26.1. The molecule has 0 saturated heterocycles. The van der Waals surface area contributed by atoms with Gasteiger partial charge in [-0.3, -0.25) is 4.57 Å². The maximum Gasteiger partial charge on any atom is 0.488 e. The lowest BCUT2D eigenvalue weighted by atomic mass is 9.80. The molecular weight excluding hydrogens is 651 g/mol. The Hall–Kier alpha value is -6.54. The van der Waals surface area contributed by atoms with Gasteiger partial charge in [0.25, 0.3) is 0 Å². The first-order valence-electron chi connectivity index (χ1n) is 18.0. The van der Waals surface area contributed by atoms with Crippen molar-refractivity contribution in [1.82, 2.24) is 19.1 Å². The highest BCUT2D eigenvalue weighted by Crippen LogP contribution is 2.38. The van der Waals surface area contributed by atoms with E-state index in [1.807, 2.05) is 80.6 Å². The third-order valence-electron chi connectivity index (χ3n) is 9.95. The van der Waals surface area contributed by atoms with Gasteiger partial charge in [0.2, 0.25) is 5.95 Å². The normalized spacial score (nSPS) is 11.4. The van der Waals surface area contributed by atoms with Crippen LogP contribution in [-0.2, 0) is 0 Å². The molecule has 53 heavy (non-hydrogen) atoms. The van der Waals surface area contributed by atoms with Crippen LogP contribution in [0, 0.1) is 0 Å². The molecular formula is C46H35BN4O2. The van der Waals surface area contributed by atoms with E-state index in [1.54, 1.807) is 6.07 Å². The Balaban J connectivity index is 0.00000183. The second-order valence-corrected chi connectivity index (χ2v) is 12.9. The summed E-state index contributed by atoms with van der Waals surface area (Å²) < 4.78 is 4.40. The second kappa shape index (κ2) is 13.2. The molecule has 3 aromatic heterocycles. The molecule has 0 atom stereocenters. The fraction of sp³-hybridized carbons (Fsp3) is 0.0435. The van der Waals surface area contributed by atoms with Crippen LogP contribution in [0.4, 0.5) is 0 Å². The summed E-state index contributed by atoms with van der Waals surface area (Å²) in [5, 5.41) is 25.3. The van der Waals surface area contributed by atoms with Crippen molar-refractivity contribution in [3.63, 3.8) is 0 Å². The summed E-state index contributed by atoms with van der Waals surface area (Å²) in [5.41, 5.74) is 10.6. The molecule has 10 rings (SSSR count). The van der Waals surface area contributed by atoms with Gasteiger partial charge in [-0.15, -0.1) is 0 Å². The van der Waals surface area contributed by atoms with Crippen molar-refractivity contribution in [2.75, 3.05) is 0 Å². The molecule has 7 heteroatoms. The van der Waals surface area contributed by atoms with E-state index >= 15 is 0 Å². The molecule has 6 nitrogen and oxygen atoms in total. The zero-order valence-corrected chi connectivity index (χ0v) is 29.3. The molecule has 7 aromatic carbocycles. The number of rotatable bonds is 5. The van der Waals surface area contributed by atoms with E-state index in [1.165, 1.54) is 0 Å². The van der Waals surface area contributed by atoms with Crippen LogP contribution in [0.3, 0.4) is 0 Å². The number of aromatic nitrogens is 4. The third kappa shape index (κ3) is 5.37. The Labute approximate surface area is 307 Å². The molecule has 0 bridgehead atoms. The molecule has 0 spiro atoms. The number of hydrogen-bond acceptors (Lipinski definition) is 4. The SMILES string of the molecule is CC.OB(O)c1ccc2c(c1)c1cc(-c3ccc4c(c3)c3ccccc3n4-c3nc(-c4ccccc4)c4ccccc4n3)ccc1n2-c1ccccc1. The lowest BCUT2D eigenvalue weighted by molar-refractivity contribution is 0.426. The van der Waals surface area contributed by atoms with E-state index in [4.69, 9.17) is 9.97 Å². The minimum Gasteiger partial charge on any atom is -0.423 e. The molecule has 3 heterocycles. The summed E-state index contributed by atoms with van der Waals surface area (Å²) in [6.07, 6.45) is 0. The summed E-state index contributed by atoms with van der Waals surface area (Å²) in [4.78, 5) is 10.3. The summed E-state index contributed by atoms with van der Waals surface area (Å²) in [5.74, 6) is 0.628. The number of benzene rings is 7. The van der Waals surface area contributed by atoms with Gasteiger partial charge in [-0.2, -0.15) is 0 Å². The zero-order chi connectivity index (χ0) is 36.1. The average molecular weight is 687 g/mol. The molecule has 0 saturated carbocycles. The van der Waals surface area contributed by atoms with Gasteiger partial charge in [0.15, 0.2) is 0 Å². The molecule has 0 aliphatic heterocycles. The van der Waals surface area contributed by atoms with Crippen molar-refractivity contribution in [3.05, 3.63) is 164 Å². The van der Waals surface area contributed by atoms with Crippen LogP contribution in [0.5, 0.6) is 0 Å². The van der Waals surface area contributed by atoms with Gasteiger partial charge in [0.05, 0.1) is 33.3 Å². The maximum absolute atomic E-state index is 10.0. The molecule has 10 aromatic rings.